The van der Waals surface area contributed by atoms with Gasteiger partial charge in [-0.25, -0.2) is 5.01 Å². The number of thioether (sulfide) groups is 1. The summed E-state index contributed by atoms with van der Waals surface area (Å²) in [5.74, 6) is 0. The molecule has 0 atom stereocenters. The van der Waals surface area contributed by atoms with Gasteiger partial charge in [0.2, 0.25) is 5.12 Å². The minimum Gasteiger partial charge on any atom is -0.281 e. The molecule has 3 rings (SSSR count). The Morgan fingerprint density at radius 3 is 2.68 bits per heavy atom. The van der Waals surface area contributed by atoms with E-state index in [1.165, 1.54) is 35.2 Å². The molecule has 0 unspecified atom stereocenters. The van der Waals surface area contributed by atoms with Crippen molar-refractivity contribution >= 4 is 22.6 Å². The Bertz CT molecular complexity index is 551. The van der Waals surface area contributed by atoms with E-state index in [2.05, 4.69) is 10.0 Å². The quantitative estimate of drug-likeness (QED) is 0.780. The van der Waals surface area contributed by atoms with Crippen molar-refractivity contribution in [3.63, 3.8) is 0 Å². The van der Waals surface area contributed by atoms with E-state index in [4.69, 9.17) is 0 Å². The van der Waals surface area contributed by atoms with E-state index in [0.29, 0.717) is 0 Å². The average molecular weight is 274 g/mol. The minimum atomic E-state index is 0.175. The lowest BCUT2D eigenvalue weighted by molar-refractivity contribution is 0.109. The molecule has 2 aliphatic rings. The zero-order valence-corrected chi connectivity index (χ0v) is 12.2. The van der Waals surface area contributed by atoms with E-state index in [-0.39, 0.29) is 5.12 Å². The summed E-state index contributed by atoms with van der Waals surface area (Å²) in [4.78, 5) is 13.7. The lowest BCUT2D eigenvalue weighted by atomic mass is 10.0. The van der Waals surface area contributed by atoms with Crippen LogP contribution in [0.15, 0.2) is 34.9 Å². The van der Waals surface area contributed by atoms with Gasteiger partial charge in [0.1, 0.15) is 0 Å². The SMILES string of the molecule is CN(C)N1C2=C(CCCC2)SC(=O)c2ccccc21. The fraction of sp³-hybridized carbons (Fsp3) is 0.400. The predicted octanol–water partition coefficient (Wildman–Crippen LogP) is 3.64. The molecular formula is C15H18N2OS. The molecule has 0 bridgehead atoms. The van der Waals surface area contributed by atoms with Crippen LogP contribution >= 0.6 is 11.8 Å². The van der Waals surface area contributed by atoms with Crippen LogP contribution in [-0.4, -0.2) is 24.2 Å². The van der Waals surface area contributed by atoms with E-state index < -0.39 is 0 Å². The second-order valence-corrected chi connectivity index (χ2v) is 6.21. The van der Waals surface area contributed by atoms with Gasteiger partial charge in [-0.15, -0.1) is 0 Å². The molecule has 4 heteroatoms. The van der Waals surface area contributed by atoms with Crippen LogP contribution in [-0.2, 0) is 0 Å². The Hall–Kier alpha value is -1.26. The molecule has 1 aliphatic heterocycles. The van der Waals surface area contributed by atoms with E-state index in [1.54, 1.807) is 0 Å². The lowest BCUT2D eigenvalue weighted by Crippen LogP contribution is -2.37. The van der Waals surface area contributed by atoms with Gasteiger partial charge in [0.25, 0.3) is 0 Å². The molecule has 0 N–H and O–H groups in total. The van der Waals surface area contributed by atoms with Crippen LogP contribution < -0.4 is 5.01 Å². The molecule has 1 aromatic carbocycles. The molecule has 0 aromatic heterocycles. The monoisotopic (exact) mass is 274 g/mol. The molecule has 3 nitrogen and oxygen atoms in total. The second kappa shape index (κ2) is 5.02. The number of hydrazine groups is 1. The zero-order chi connectivity index (χ0) is 13.4. The largest absolute Gasteiger partial charge is 0.281 e. The van der Waals surface area contributed by atoms with Crippen molar-refractivity contribution in [1.29, 1.82) is 0 Å². The molecule has 100 valence electrons. The van der Waals surface area contributed by atoms with Gasteiger partial charge < -0.3 is 0 Å². The van der Waals surface area contributed by atoms with Crippen LogP contribution in [0.25, 0.3) is 0 Å². The highest BCUT2D eigenvalue weighted by Crippen LogP contribution is 2.43. The number of fused-ring (bicyclic) bond motifs is 1. The fourth-order valence-corrected chi connectivity index (χ4v) is 3.85. The summed E-state index contributed by atoms with van der Waals surface area (Å²) in [5, 5.41) is 4.47. The van der Waals surface area contributed by atoms with Crippen molar-refractivity contribution in [3.8, 4) is 0 Å². The first-order chi connectivity index (χ1) is 9.18. The maximum Gasteiger partial charge on any atom is 0.226 e. The topological polar surface area (TPSA) is 23.6 Å². The van der Waals surface area contributed by atoms with Gasteiger partial charge in [0.15, 0.2) is 0 Å². The first-order valence-electron chi connectivity index (χ1n) is 6.69. The highest BCUT2D eigenvalue weighted by molar-refractivity contribution is 8.17. The van der Waals surface area contributed by atoms with Gasteiger partial charge in [-0.2, -0.15) is 0 Å². The maximum absolute atomic E-state index is 12.4. The summed E-state index contributed by atoms with van der Waals surface area (Å²) in [6.45, 7) is 0. The van der Waals surface area contributed by atoms with Gasteiger partial charge in [-0.3, -0.25) is 9.80 Å². The number of para-hydroxylation sites is 1. The first kappa shape index (κ1) is 12.8. The van der Waals surface area contributed by atoms with Crippen molar-refractivity contribution in [2.75, 3.05) is 19.1 Å². The van der Waals surface area contributed by atoms with Crippen LogP contribution in [0.5, 0.6) is 0 Å². The number of carbonyl (C=O) groups excluding carboxylic acids is 1. The fourth-order valence-electron chi connectivity index (χ4n) is 2.80. The predicted molar refractivity (Wildman–Crippen MR) is 80.0 cm³/mol. The first-order valence-corrected chi connectivity index (χ1v) is 7.50. The Morgan fingerprint density at radius 1 is 1.16 bits per heavy atom. The third kappa shape index (κ3) is 2.19. The summed E-state index contributed by atoms with van der Waals surface area (Å²) in [6, 6.07) is 7.91. The highest BCUT2D eigenvalue weighted by atomic mass is 32.2. The van der Waals surface area contributed by atoms with Crippen molar-refractivity contribution in [2.24, 2.45) is 0 Å². The molecule has 0 saturated heterocycles. The Morgan fingerprint density at radius 2 is 1.89 bits per heavy atom. The number of nitrogens with zero attached hydrogens (tertiary/aromatic N) is 2. The van der Waals surface area contributed by atoms with Crippen molar-refractivity contribution in [1.82, 2.24) is 5.01 Å². The van der Waals surface area contributed by atoms with Crippen molar-refractivity contribution < 1.29 is 4.79 Å². The number of benzene rings is 1. The molecule has 1 aliphatic carbocycles. The van der Waals surface area contributed by atoms with Crippen molar-refractivity contribution in [2.45, 2.75) is 25.7 Å². The van der Waals surface area contributed by atoms with Crippen LogP contribution in [0.2, 0.25) is 0 Å². The molecule has 0 fully saturated rings. The normalized spacial score (nSPS) is 19.3. The average Bonchev–Trinajstić information content (AvgIpc) is 2.53. The second-order valence-electron chi connectivity index (χ2n) is 5.14. The number of hydrogen-bond acceptors (Lipinski definition) is 4. The number of allylic oxidation sites excluding steroid dienone is 2. The molecule has 1 aromatic rings. The third-order valence-electron chi connectivity index (χ3n) is 3.61. The Kier molecular flexibility index (Phi) is 3.37. The van der Waals surface area contributed by atoms with Gasteiger partial charge >= 0.3 is 0 Å². The van der Waals surface area contributed by atoms with Crippen LogP contribution in [0.4, 0.5) is 5.69 Å². The summed E-state index contributed by atoms with van der Waals surface area (Å²) in [6.07, 6.45) is 4.49. The highest BCUT2D eigenvalue weighted by Gasteiger charge is 2.30. The summed E-state index contributed by atoms with van der Waals surface area (Å²) in [5.41, 5.74) is 3.13. The summed E-state index contributed by atoms with van der Waals surface area (Å²) < 4.78 is 0. The molecule has 0 spiro atoms. The van der Waals surface area contributed by atoms with Gasteiger partial charge in [0.05, 0.1) is 11.3 Å². The number of anilines is 1. The smallest absolute Gasteiger partial charge is 0.226 e. The third-order valence-corrected chi connectivity index (χ3v) is 4.70. The van der Waals surface area contributed by atoms with Gasteiger partial charge in [-0.1, -0.05) is 12.1 Å². The van der Waals surface area contributed by atoms with Crippen LogP contribution in [0.3, 0.4) is 0 Å². The molecule has 0 saturated carbocycles. The summed E-state index contributed by atoms with van der Waals surface area (Å²) >= 11 is 1.43. The van der Waals surface area contributed by atoms with Crippen LogP contribution in [0.1, 0.15) is 36.0 Å². The molecule has 1 heterocycles. The minimum absolute atomic E-state index is 0.175. The molecule has 19 heavy (non-hydrogen) atoms. The Labute approximate surface area is 118 Å². The molecule has 0 amide bonds. The van der Waals surface area contributed by atoms with Crippen LogP contribution in [0, 0.1) is 0 Å². The lowest BCUT2D eigenvalue weighted by Gasteiger charge is -2.35. The number of hydrogen-bond donors (Lipinski definition) is 0. The van der Waals surface area contributed by atoms with Gasteiger partial charge in [0, 0.05) is 24.7 Å². The number of rotatable bonds is 1. The molecule has 0 radical (unpaired) electrons. The summed E-state index contributed by atoms with van der Waals surface area (Å²) in [7, 11) is 4.08. The Balaban J connectivity index is 2.18. The standard InChI is InChI=1S/C15H18N2OS/c1-16(2)17-12-8-4-3-7-11(12)15(18)19-14-10-6-5-9-13(14)17/h3-4,7-8H,5-6,9-10H2,1-2H3. The zero-order valence-electron chi connectivity index (χ0n) is 11.3. The van der Waals surface area contributed by atoms with E-state index in [1.807, 2.05) is 38.4 Å². The van der Waals surface area contributed by atoms with E-state index >= 15 is 0 Å². The van der Waals surface area contributed by atoms with E-state index in [9.17, 15) is 4.79 Å². The number of carbonyl (C=O) groups is 1. The molecular weight excluding hydrogens is 256 g/mol. The van der Waals surface area contributed by atoms with E-state index in [0.717, 1.165) is 24.1 Å². The van der Waals surface area contributed by atoms with Gasteiger partial charge in [-0.05, 0) is 49.6 Å². The maximum atomic E-state index is 12.4. The van der Waals surface area contributed by atoms with Crippen molar-refractivity contribution in [3.05, 3.63) is 40.4 Å².